The van der Waals surface area contributed by atoms with Gasteiger partial charge < -0.3 is 5.73 Å². The van der Waals surface area contributed by atoms with Gasteiger partial charge in [0.15, 0.2) is 0 Å². The van der Waals surface area contributed by atoms with E-state index in [0.29, 0.717) is 0 Å². The predicted molar refractivity (Wildman–Crippen MR) is 65.2 cm³/mol. The molecule has 0 saturated carbocycles. The second-order valence-electron chi connectivity index (χ2n) is 3.79. The van der Waals surface area contributed by atoms with Crippen molar-refractivity contribution in [3.63, 3.8) is 0 Å². The molecule has 1 rings (SSSR count). The molecule has 1 aromatic rings. The fraction of sp³-hybridized carbons (Fsp3) is 0.333. The lowest BCUT2D eigenvalue weighted by atomic mass is 10.0. The van der Waals surface area contributed by atoms with Crippen molar-refractivity contribution in [2.45, 2.75) is 26.3 Å². The Kier molecular flexibility index (Phi) is 3.90. The molecule has 1 atom stereocenters. The Balaban J connectivity index is 2.90. The molecule has 0 amide bonds. The van der Waals surface area contributed by atoms with Crippen molar-refractivity contribution in [2.24, 2.45) is 5.73 Å². The van der Waals surface area contributed by atoms with Crippen LogP contribution in [0, 0.1) is 6.92 Å². The molecule has 0 saturated heterocycles. The van der Waals surface area contributed by atoms with Crippen LogP contribution in [-0.4, -0.2) is 0 Å². The predicted octanol–water partition coefficient (Wildman–Crippen LogP) is 3.72. The molecule has 76 valence electrons. The van der Waals surface area contributed by atoms with Gasteiger partial charge in [0.25, 0.3) is 0 Å². The van der Waals surface area contributed by atoms with Crippen LogP contribution < -0.4 is 5.73 Å². The van der Waals surface area contributed by atoms with Crippen molar-refractivity contribution in [2.75, 3.05) is 0 Å². The molecule has 0 bridgehead atoms. The molecule has 2 N–H and O–H groups in total. The van der Waals surface area contributed by atoms with Gasteiger partial charge in [0.2, 0.25) is 0 Å². The van der Waals surface area contributed by atoms with Crippen molar-refractivity contribution >= 4 is 15.9 Å². The lowest BCUT2D eigenvalue weighted by molar-refractivity contribution is 0.713. The summed E-state index contributed by atoms with van der Waals surface area (Å²) >= 11 is 3.53. The molecule has 0 aromatic heterocycles. The summed E-state index contributed by atoms with van der Waals surface area (Å²) in [6, 6.07) is 6.29. The maximum Gasteiger partial charge on any atom is 0.0343 e. The summed E-state index contributed by atoms with van der Waals surface area (Å²) in [5.41, 5.74) is 9.56. The summed E-state index contributed by atoms with van der Waals surface area (Å²) in [5.74, 6) is 0. The number of hydrogen-bond donors (Lipinski definition) is 1. The Morgan fingerprint density at radius 2 is 2.21 bits per heavy atom. The quantitative estimate of drug-likeness (QED) is 0.817. The fourth-order valence-corrected chi connectivity index (χ4v) is 2.21. The summed E-state index contributed by atoms with van der Waals surface area (Å²) in [6.45, 7) is 7.94. The third-order valence-corrected chi connectivity index (χ3v) is 2.81. The smallest absolute Gasteiger partial charge is 0.0343 e. The minimum absolute atomic E-state index is 0.0440. The van der Waals surface area contributed by atoms with E-state index >= 15 is 0 Å². The summed E-state index contributed by atoms with van der Waals surface area (Å²) < 4.78 is 1.09. The van der Waals surface area contributed by atoms with E-state index in [1.54, 1.807) is 0 Å². The van der Waals surface area contributed by atoms with E-state index in [2.05, 4.69) is 47.6 Å². The number of benzene rings is 1. The van der Waals surface area contributed by atoms with Crippen LogP contribution in [0.25, 0.3) is 0 Å². The van der Waals surface area contributed by atoms with Crippen molar-refractivity contribution < 1.29 is 0 Å². The Morgan fingerprint density at radius 3 is 2.71 bits per heavy atom. The van der Waals surface area contributed by atoms with Gasteiger partial charge in [-0.15, -0.1) is 6.58 Å². The molecule has 1 aromatic carbocycles. The van der Waals surface area contributed by atoms with Crippen LogP contribution in [0.3, 0.4) is 0 Å². The molecule has 0 spiro atoms. The first-order valence-corrected chi connectivity index (χ1v) is 5.46. The van der Waals surface area contributed by atoms with Crippen molar-refractivity contribution in [3.05, 3.63) is 46.0 Å². The molecular weight excluding hydrogens is 238 g/mol. The van der Waals surface area contributed by atoms with E-state index in [1.165, 1.54) is 5.56 Å². The second-order valence-corrected chi connectivity index (χ2v) is 4.65. The minimum atomic E-state index is 0.0440. The molecule has 0 fully saturated rings. The van der Waals surface area contributed by atoms with E-state index in [0.717, 1.165) is 22.0 Å². The Bertz CT molecular complexity index is 344. The van der Waals surface area contributed by atoms with Crippen molar-refractivity contribution in [1.82, 2.24) is 0 Å². The van der Waals surface area contributed by atoms with E-state index in [-0.39, 0.29) is 6.04 Å². The summed E-state index contributed by atoms with van der Waals surface area (Å²) in [5, 5.41) is 0. The minimum Gasteiger partial charge on any atom is -0.324 e. The zero-order valence-electron chi connectivity index (χ0n) is 8.68. The highest BCUT2D eigenvalue weighted by molar-refractivity contribution is 9.10. The SMILES string of the molecule is C=C(C)CC(N)c1ccc(C)cc1Br. The standard InChI is InChI=1S/C12H16BrN/c1-8(2)6-12(14)10-5-4-9(3)7-11(10)13/h4-5,7,12H,1,6,14H2,2-3H3. The van der Waals surface area contributed by atoms with E-state index < -0.39 is 0 Å². The first-order valence-electron chi connectivity index (χ1n) is 4.66. The monoisotopic (exact) mass is 253 g/mol. The van der Waals surface area contributed by atoms with Gasteiger partial charge in [0.1, 0.15) is 0 Å². The highest BCUT2D eigenvalue weighted by atomic mass is 79.9. The normalized spacial score (nSPS) is 12.6. The van der Waals surface area contributed by atoms with Crippen LogP contribution in [0.4, 0.5) is 0 Å². The van der Waals surface area contributed by atoms with E-state index in [1.807, 2.05) is 6.92 Å². The van der Waals surface area contributed by atoms with Gasteiger partial charge in [-0.25, -0.2) is 0 Å². The molecule has 2 heteroatoms. The topological polar surface area (TPSA) is 26.0 Å². The molecule has 0 aliphatic rings. The van der Waals surface area contributed by atoms with Gasteiger partial charge in [-0.1, -0.05) is 33.6 Å². The molecule has 1 unspecified atom stereocenters. The Labute approximate surface area is 94.1 Å². The van der Waals surface area contributed by atoms with Crippen LogP contribution in [-0.2, 0) is 0 Å². The van der Waals surface area contributed by atoms with Crippen LogP contribution in [0.5, 0.6) is 0 Å². The average molecular weight is 254 g/mol. The van der Waals surface area contributed by atoms with Crippen molar-refractivity contribution in [3.8, 4) is 0 Å². The third kappa shape index (κ3) is 2.96. The Hall–Kier alpha value is -0.600. The van der Waals surface area contributed by atoms with E-state index in [4.69, 9.17) is 5.73 Å². The van der Waals surface area contributed by atoms with Gasteiger partial charge >= 0.3 is 0 Å². The lowest BCUT2D eigenvalue weighted by Crippen LogP contribution is -2.11. The first kappa shape index (κ1) is 11.5. The number of halogens is 1. The lowest BCUT2D eigenvalue weighted by Gasteiger charge is -2.14. The van der Waals surface area contributed by atoms with Crippen LogP contribution in [0.15, 0.2) is 34.8 Å². The highest BCUT2D eigenvalue weighted by Crippen LogP contribution is 2.26. The van der Waals surface area contributed by atoms with Crippen LogP contribution in [0.2, 0.25) is 0 Å². The average Bonchev–Trinajstić information content (AvgIpc) is 2.01. The van der Waals surface area contributed by atoms with Crippen molar-refractivity contribution in [1.29, 1.82) is 0 Å². The molecule has 14 heavy (non-hydrogen) atoms. The summed E-state index contributed by atoms with van der Waals surface area (Å²) in [6.07, 6.45) is 0.835. The first-order chi connectivity index (χ1) is 6.50. The Morgan fingerprint density at radius 1 is 1.57 bits per heavy atom. The summed E-state index contributed by atoms with van der Waals surface area (Å²) in [7, 11) is 0. The molecule has 0 aliphatic heterocycles. The van der Waals surface area contributed by atoms with Gasteiger partial charge in [-0.05, 0) is 37.5 Å². The van der Waals surface area contributed by atoms with Gasteiger partial charge in [0.05, 0.1) is 0 Å². The number of hydrogen-bond acceptors (Lipinski definition) is 1. The molecular formula is C12H16BrN. The molecule has 0 heterocycles. The van der Waals surface area contributed by atoms with Crippen LogP contribution in [0.1, 0.15) is 30.5 Å². The zero-order valence-corrected chi connectivity index (χ0v) is 10.3. The second kappa shape index (κ2) is 4.76. The van der Waals surface area contributed by atoms with E-state index in [9.17, 15) is 0 Å². The highest BCUT2D eigenvalue weighted by Gasteiger charge is 2.09. The largest absolute Gasteiger partial charge is 0.324 e. The van der Waals surface area contributed by atoms with Gasteiger partial charge in [-0.3, -0.25) is 0 Å². The summed E-state index contributed by atoms with van der Waals surface area (Å²) in [4.78, 5) is 0. The number of rotatable bonds is 3. The maximum absolute atomic E-state index is 6.06. The van der Waals surface area contributed by atoms with Crippen LogP contribution >= 0.6 is 15.9 Å². The third-order valence-electron chi connectivity index (χ3n) is 2.12. The van der Waals surface area contributed by atoms with Gasteiger partial charge in [0, 0.05) is 10.5 Å². The molecule has 1 nitrogen and oxygen atoms in total. The zero-order chi connectivity index (χ0) is 10.7. The maximum atomic E-state index is 6.06. The number of nitrogens with two attached hydrogens (primary N) is 1. The molecule has 0 aliphatic carbocycles. The van der Waals surface area contributed by atoms with Gasteiger partial charge in [-0.2, -0.15) is 0 Å². The number of aryl methyl sites for hydroxylation is 1. The molecule has 0 radical (unpaired) electrons. The fourth-order valence-electron chi connectivity index (χ4n) is 1.42.